The summed E-state index contributed by atoms with van der Waals surface area (Å²) in [5, 5.41) is 0. The smallest absolute Gasteiger partial charge is 0.111 e. The zero-order valence-electron chi connectivity index (χ0n) is 8.11. The number of hydrogen-bond acceptors (Lipinski definition) is 2. The van der Waals surface area contributed by atoms with E-state index in [1.807, 2.05) is 6.20 Å². The summed E-state index contributed by atoms with van der Waals surface area (Å²) in [4.78, 5) is 4.40. The van der Waals surface area contributed by atoms with Crippen LogP contribution in [0.4, 0.5) is 0 Å². The molecule has 13 heavy (non-hydrogen) atoms. The maximum Gasteiger partial charge on any atom is 0.111 e. The fourth-order valence-corrected chi connectivity index (χ4v) is 2.18. The topological polar surface area (TPSA) is 43.8 Å². The Morgan fingerprint density at radius 3 is 3.38 bits per heavy atom. The van der Waals surface area contributed by atoms with Crippen molar-refractivity contribution >= 4 is 0 Å². The average molecular weight is 179 g/mol. The van der Waals surface area contributed by atoms with Crippen molar-refractivity contribution in [3.63, 3.8) is 0 Å². The predicted molar refractivity (Wildman–Crippen MR) is 52.5 cm³/mol. The highest BCUT2D eigenvalue weighted by molar-refractivity contribution is 5.03. The molecule has 2 atom stereocenters. The fraction of sp³-hybridized carbons (Fsp3) is 0.700. The highest BCUT2D eigenvalue weighted by Gasteiger charge is 2.21. The Morgan fingerprint density at radius 2 is 2.62 bits per heavy atom. The number of nitrogens with two attached hydrogens (primary N) is 1. The number of hydrogen-bond donors (Lipinski definition) is 1. The lowest BCUT2D eigenvalue weighted by molar-refractivity contribution is 0.406. The molecule has 1 aromatic heterocycles. The molecule has 72 valence electrons. The largest absolute Gasteiger partial charge is 0.335 e. The summed E-state index contributed by atoms with van der Waals surface area (Å²) in [6.45, 7) is 3.20. The van der Waals surface area contributed by atoms with Crippen molar-refractivity contribution in [3.05, 3.63) is 18.2 Å². The van der Waals surface area contributed by atoms with Crippen LogP contribution >= 0.6 is 0 Å². The highest BCUT2D eigenvalue weighted by Crippen LogP contribution is 2.29. The number of nitrogens with zero attached hydrogens (tertiary/aromatic N) is 2. The monoisotopic (exact) mass is 179 g/mol. The molecule has 0 radical (unpaired) electrons. The fourth-order valence-electron chi connectivity index (χ4n) is 2.18. The summed E-state index contributed by atoms with van der Waals surface area (Å²) in [6.07, 6.45) is 7.55. The van der Waals surface area contributed by atoms with Crippen molar-refractivity contribution in [2.24, 2.45) is 5.73 Å². The first-order chi connectivity index (χ1) is 6.27. The molecule has 0 fully saturated rings. The molecule has 0 saturated carbocycles. The molecule has 0 aromatic carbocycles. The molecule has 2 unspecified atom stereocenters. The van der Waals surface area contributed by atoms with Gasteiger partial charge < -0.3 is 10.3 Å². The summed E-state index contributed by atoms with van der Waals surface area (Å²) in [6, 6.07) is 0.285. The van der Waals surface area contributed by atoms with Crippen LogP contribution in [0.25, 0.3) is 0 Å². The average Bonchev–Trinajstić information content (AvgIpc) is 2.51. The molecule has 1 aromatic rings. The molecular formula is C10H17N3. The van der Waals surface area contributed by atoms with Crippen molar-refractivity contribution in [2.75, 3.05) is 0 Å². The molecule has 0 amide bonds. The molecule has 0 spiro atoms. The van der Waals surface area contributed by atoms with E-state index >= 15 is 0 Å². The summed E-state index contributed by atoms with van der Waals surface area (Å²) in [7, 11) is 0. The van der Waals surface area contributed by atoms with E-state index < -0.39 is 0 Å². The minimum absolute atomic E-state index is 0.285. The Hall–Kier alpha value is -0.830. The van der Waals surface area contributed by atoms with E-state index in [9.17, 15) is 0 Å². The molecule has 0 saturated heterocycles. The van der Waals surface area contributed by atoms with Gasteiger partial charge in [0.15, 0.2) is 0 Å². The van der Waals surface area contributed by atoms with E-state index in [1.165, 1.54) is 18.7 Å². The third kappa shape index (κ3) is 1.75. The third-order valence-electron chi connectivity index (χ3n) is 2.72. The van der Waals surface area contributed by atoms with Crippen LogP contribution in [-0.4, -0.2) is 15.6 Å². The van der Waals surface area contributed by atoms with Gasteiger partial charge in [-0.15, -0.1) is 0 Å². The van der Waals surface area contributed by atoms with Crippen LogP contribution in [0.2, 0.25) is 0 Å². The van der Waals surface area contributed by atoms with E-state index in [0.717, 1.165) is 13.0 Å². The maximum atomic E-state index is 5.81. The molecular weight excluding hydrogens is 162 g/mol. The normalized spacial score (nSPS) is 24.0. The number of fused-ring (bicyclic) bond motifs is 1. The number of aromatic nitrogens is 2. The van der Waals surface area contributed by atoms with Gasteiger partial charge in [0.05, 0.1) is 0 Å². The number of imidazole rings is 1. The van der Waals surface area contributed by atoms with Crippen molar-refractivity contribution in [3.8, 4) is 0 Å². The van der Waals surface area contributed by atoms with Crippen molar-refractivity contribution in [2.45, 2.75) is 44.7 Å². The Kier molecular flexibility index (Phi) is 2.36. The molecule has 2 rings (SSSR count). The van der Waals surface area contributed by atoms with Crippen LogP contribution in [-0.2, 0) is 6.54 Å². The van der Waals surface area contributed by atoms with Crippen molar-refractivity contribution in [1.82, 2.24) is 9.55 Å². The zero-order valence-corrected chi connectivity index (χ0v) is 8.11. The first-order valence-electron chi connectivity index (χ1n) is 5.04. The van der Waals surface area contributed by atoms with Gasteiger partial charge in [0.2, 0.25) is 0 Å². The number of rotatable bonds is 2. The predicted octanol–water partition coefficient (Wildman–Crippen LogP) is 1.50. The zero-order chi connectivity index (χ0) is 9.26. The van der Waals surface area contributed by atoms with Gasteiger partial charge >= 0.3 is 0 Å². The Balaban J connectivity index is 2.15. The van der Waals surface area contributed by atoms with Gasteiger partial charge in [-0.05, 0) is 26.2 Å². The highest BCUT2D eigenvalue weighted by atomic mass is 15.1. The second-order valence-corrected chi connectivity index (χ2v) is 4.03. The van der Waals surface area contributed by atoms with Gasteiger partial charge in [0.25, 0.3) is 0 Å². The Morgan fingerprint density at radius 1 is 1.77 bits per heavy atom. The van der Waals surface area contributed by atoms with Crippen LogP contribution in [0.1, 0.15) is 37.9 Å². The van der Waals surface area contributed by atoms with E-state index in [1.54, 1.807) is 0 Å². The van der Waals surface area contributed by atoms with Gasteiger partial charge in [0.1, 0.15) is 5.82 Å². The van der Waals surface area contributed by atoms with Crippen LogP contribution < -0.4 is 5.73 Å². The summed E-state index contributed by atoms with van der Waals surface area (Å²) >= 11 is 0. The van der Waals surface area contributed by atoms with E-state index in [-0.39, 0.29) is 6.04 Å². The Bertz CT molecular complexity index is 277. The van der Waals surface area contributed by atoms with Gasteiger partial charge in [-0.25, -0.2) is 4.98 Å². The summed E-state index contributed by atoms with van der Waals surface area (Å²) in [5.74, 6) is 1.83. The lowest BCUT2D eigenvalue weighted by Gasteiger charge is -2.24. The standard InChI is InChI=1S/C10H17N3/c1-8(11)7-9-3-2-5-13-6-4-12-10(9)13/h4,6,8-9H,2-3,5,7,11H2,1H3. The molecule has 0 bridgehead atoms. The second kappa shape index (κ2) is 3.50. The molecule has 1 aliphatic heterocycles. The Labute approximate surface area is 79.0 Å². The van der Waals surface area contributed by atoms with Crippen LogP contribution in [0.5, 0.6) is 0 Å². The first-order valence-corrected chi connectivity index (χ1v) is 5.04. The lowest BCUT2D eigenvalue weighted by atomic mass is 9.93. The lowest BCUT2D eigenvalue weighted by Crippen LogP contribution is -2.23. The minimum atomic E-state index is 0.285. The van der Waals surface area contributed by atoms with Crippen LogP contribution in [0, 0.1) is 0 Å². The second-order valence-electron chi connectivity index (χ2n) is 4.03. The van der Waals surface area contributed by atoms with Crippen molar-refractivity contribution < 1.29 is 0 Å². The van der Waals surface area contributed by atoms with Crippen LogP contribution in [0.15, 0.2) is 12.4 Å². The van der Waals surface area contributed by atoms with Gasteiger partial charge in [0, 0.05) is 30.9 Å². The van der Waals surface area contributed by atoms with Crippen LogP contribution in [0.3, 0.4) is 0 Å². The van der Waals surface area contributed by atoms with E-state index in [0.29, 0.717) is 5.92 Å². The van der Waals surface area contributed by atoms with Crippen molar-refractivity contribution in [1.29, 1.82) is 0 Å². The third-order valence-corrected chi connectivity index (χ3v) is 2.72. The first kappa shape index (κ1) is 8.75. The van der Waals surface area contributed by atoms with Gasteiger partial charge in [-0.3, -0.25) is 0 Å². The van der Waals surface area contributed by atoms with E-state index in [4.69, 9.17) is 5.73 Å². The summed E-state index contributed by atoms with van der Waals surface area (Å²) < 4.78 is 2.26. The molecule has 3 heteroatoms. The molecule has 3 nitrogen and oxygen atoms in total. The molecule has 2 N–H and O–H groups in total. The molecule has 1 aliphatic rings. The van der Waals surface area contributed by atoms with Gasteiger partial charge in [-0.1, -0.05) is 0 Å². The van der Waals surface area contributed by atoms with Gasteiger partial charge in [-0.2, -0.15) is 0 Å². The maximum absolute atomic E-state index is 5.81. The SMILES string of the molecule is CC(N)CC1CCCn2ccnc21. The number of aryl methyl sites for hydroxylation is 1. The summed E-state index contributed by atoms with van der Waals surface area (Å²) in [5.41, 5.74) is 5.81. The van der Waals surface area contributed by atoms with E-state index in [2.05, 4.69) is 22.7 Å². The minimum Gasteiger partial charge on any atom is -0.335 e. The quantitative estimate of drug-likeness (QED) is 0.747. The molecule has 0 aliphatic carbocycles. The molecule has 2 heterocycles.